The predicted octanol–water partition coefficient (Wildman–Crippen LogP) is 1.42. The van der Waals surface area contributed by atoms with Gasteiger partial charge in [0.25, 0.3) is 0 Å². The second-order valence-corrected chi connectivity index (χ2v) is 0.925. The first-order chi connectivity index (χ1) is 3.77. The summed E-state index contributed by atoms with van der Waals surface area (Å²) in [5.41, 5.74) is 0. The number of rotatable bonds is 1. The smallest absolute Gasteiger partial charge is 0.302 e. The van der Waals surface area contributed by atoms with Crippen molar-refractivity contribution >= 4 is 17.6 Å². The van der Waals surface area contributed by atoms with Crippen LogP contribution in [0.5, 0.6) is 0 Å². The van der Waals surface area contributed by atoms with E-state index in [0.29, 0.717) is 6.61 Å². The van der Waals surface area contributed by atoms with E-state index in [2.05, 4.69) is 16.3 Å². The first kappa shape index (κ1) is 10.7. The van der Waals surface area contributed by atoms with E-state index in [-0.39, 0.29) is 5.97 Å². The summed E-state index contributed by atoms with van der Waals surface area (Å²) < 4.78 is 4.40. The summed E-state index contributed by atoms with van der Waals surface area (Å²) in [5, 5.41) is 0. The molecule has 2 nitrogen and oxygen atoms in total. The Hall–Kier alpha value is -0.240. The molecule has 0 atom stereocenters. The Morgan fingerprint density at radius 3 is 2.00 bits per heavy atom. The molecule has 0 heterocycles. The van der Waals surface area contributed by atoms with E-state index < -0.39 is 0 Å². The lowest BCUT2D eigenvalue weighted by molar-refractivity contribution is -0.140. The molecule has 0 aromatic heterocycles. The molecule has 0 bridgehead atoms. The van der Waals surface area contributed by atoms with E-state index in [1.807, 2.05) is 0 Å². The van der Waals surface area contributed by atoms with Crippen LogP contribution < -0.4 is 0 Å². The van der Waals surface area contributed by atoms with E-state index in [9.17, 15) is 4.79 Å². The first-order valence-corrected chi connectivity index (χ1v) is 3.04. The van der Waals surface area contributed by atoms with Gasteiger partial charge in [0.1, 0.15) is 0 Å². The third-order valence-electron chi connectivity index (χ3n) is 0.348. The summed E-state index contributed by atoms with van der Waals surface area (Å²) in [6.45, 7) is 3.65. The number of halogens is 1. The molecule has 0 aromatic rings. The fourth-order valence-electron chi connectivity index (χ4n) is 0.203. The number of hydrogen-bond donors (Lipinski definition) is 0. The van der Waals surface area contributed by atoms with Gasteiger partial charge in [-0.05, 0) is 6.92 Å². The van der Waals surface area contributed by atoms with Gasteiger partial charge in [0.2, 0.25) is 0 Å². The van der Waals surface area contributed by atoms with Crippen LogP contribution in [-0.4, -0.2) is 19.0 Å². The Kier molecular flexibility index (Phi) is 13.2. The summed E-state index contributed by atoms with van der Waals surface area (Å²) >= 11 is 4.64. The van der Waals surface area contributed by atoms with Crippen molar-refractivity contribution < 1.29 is 9.53 Å². The summed E-state index contributed by atoms with van der Waals surface area (Å²) in [4.78, 5) is 9.82. The maximum absolute atomic E-state index is 9.82. The molecule has 0 spiro atoms. The van der Waals surface area contributed by atoms with Crippen LogP contribution in [0, 0.1) is 0 Å². The summed E-state index contributed by atoms with van der Waals surface area (Å²) in [6, 6.07) is 0. The minimum absolute atomic E-state index is 0.211. The number of carbonyl (C=O) groups excluding carboxylic acids is 1. The van der Waals surface area contributed by atoms with Crippen molar-refractivity contribution in [3.8, 4) is 0 Å². The Balaban J connectivity index is 0. The largest absolute Gasteiger partial charge is 0.466 e. The lowest BCUT2D eigenvalue weighted by Gasteiger charge is -1.89. The molecule has 0 aliphatic rings. The molecule has 0 aromatic carbocycles. The summed E-state index contributed by atoms with van der Waals surface area (Å²) in [5.74, 6) is -0.211. The van der Waals surface area contributed by atoms with Crippen LogP contribution >= 0.6 is 11.6 Å². The zero-order valence-corrected chi connectivity index (χ0v) is 6.16. The topological polar surface area (TPSA) is 26.3 Å². The van der Waals surface area contributed by atoms with Gasteiger partial charge in [0.05, 0.1) is 6.61 Å². The number of esters is 1. The lowest BCUT2D eigenvalue weighted by atomic mass is 10.8. The molecule has 0 radical (unpaired) electrons. The lowest BCUT2D eigenvalue weighted by Crippen LogP contribution is -1.95. The highest BCUT2D eigenvalue weighted by molar-refractivity contribution is 6.15. The van der Waals surface area contributed by atoms with E-state index >= 15 is 0 Å². The van der Waals surface area contributed by atoms with Crippen molar-refractivity contribution in [3.63, 3.8) is 0 Å². The Bertz CT molecular complexity index is 54.4. The third-order valence-corrected chi connectivity index (χ3v) is 0.348. The minimum Gasteiger partial charge on any atom is -0.466 e. The molecule has 0 aliphatic carbocycles. The van der Waals surface area contributed by atoms with Gasteiger partial charge in [0.15, 0.2) is 0 Å². The predicted molar refractivity (Wildman–Crippen MR) is 34.1 cm³/mol. The monoisotopic (exact) mass is 138 g/mol. The second kappa shape index (κ2) is 9.90. The van der Waals surface area contributed by atoms with Gasteiger partial charge in [-0.1, -0.05) is 0 Å². The molecule has 0 unspecified atom stereocenters. The van der Waals surface area contributed by atoms with Crippen LogP contribution in [0.15, 0.2) is 0 Å². The molecule has 8 heavy (non-hydrogen) atoms. The van der Waals surface area contributed by atoms with Crippen LogP contribution in [-0.2, 0) is 9.53 Å². The van der Waals surface area contributed by atoms with Gasteiger partial charge >= 0.3 is 5.97 Å². The van der Waals surface area contributed by atoms with E-state index in [1.54, 1.807) is 6.92 Å². The standard InChI is InChI=1S/C4H8O2.CH3Cl/c1-3-6-4(2)5;1-2/h3H2,1-2H3;1H3. The van der Waals surface area contributed by atoms with Gasteiger partial charge in [-0.25, -0.2) is 0 Å². The molecule has 3 heteroatoms. The average molecular weight is 139 g/mol. The maximum atomic E-state index is 9.82. The quantitative estimate of drug-likeness (QED) is 0.405. The zero-order valence-electron chi connectivity index (χ0n) is 5.40. The third kappa shape index (κ3) is 17.1. The fraction of sp³-hybridized carbons (Fsp3) is 0.800. The Labute approximate surface area is 54.8 Å². The molecule has 0 saturated heterocycles. The normalized spacial score (nSPS) is 6.50. The van der Waals surface area contributed by atoms with E-state index in [4.69, 9.17) is 0 Å². The fourth-order valence-corrected chi connectivity index (χ4v) is 0.203. The van der Waals surface area contributed by atoms with Crippen LogP contribution in [0.1, 0.15) is 13.8 Å². The molecule has 50 valence electrons. The van der Waals surface area contributed by atoms with Gasteiger partial charge < -0.3 is 4.74 Å². The molecule has 0 fully saturated rings. The average Bonchev–Trinajstić information content (AvgIpc) is 1.72. The number of carbonyl (C=O) groups is 1. The van der Waals surface area contributed by atoms with E-state index in [0.717, 1.165) is 0 Å². The summed E-state index contributed by atoms with van der Waals surface area (Å²) in [6.07, 6.45) is 1.47. The van der Waals surface area contributed by atoms with Gasteiger partial charge in [-0.3, -0.25) is 4.79 Å². The van der Waals surface area contributed by atoms with Crippen LogP contribution in [0.25, 0.3) is 0 Å². The first-order valence-electron chi connectivity index (χ1n) is 2.28. The van der Waals surface area contributed by atoms with Crippen molar-refractivity contribution in [2.75, 3.05) is 13.0 Å². The van der Waals surface area contributed by atoms with Crippen LogP contribution in [0.3, 0.4) is 0 Å². The van der Waals surface area contributed by atoms with Crippen molar-refractivity contribution in [2.24, 2.45) is 0 Å². The molecule has 0 N–H and O–H groups in total. The van der Waals surface area contributed by atoms with E-state index in [1.165, 1.54) is 13.3 Å². The zero-order chi connectivity index (χ0) is 6.99. The number of alkyl halides is 1. The Morgan fingerprint density at radius 2 is 2.00 bits per heavy atom. The van der Waals surface area contributed by atoms with Gasteiger partial charge in [0, 0.05) is 13.3 Å². The molecule has 0 saturated carbocycles. The minimum atomic E-state index is -0.211. The van der Waals surface area contributed by atoms with Crippen molar-refractivity contribution in [2.45, 2.75) is 13.8 Å². The molecular weight excluding hydrogens is 128 g/mol. The molecule has 0 aliphatic heterocycles. The summed E-state index contributed by atoms with van der Waals surface area (Å²) in [7, 11) is 0. The SMILES string of the molecule is CCOC(C)=O.CCl. The maximum Gasteiger partial charge on any atom is 0.302 e. The van der Waals surface area contributed by atoms with Crippen molar-refractivity contribution in [3.05, 3.63) is 0 Å². The van der Waals surface area contributed by atoms with Gasteiger partial charge in [-0.2, -0.15) is 0 Å². The molecule has 0 amide bonds. The highest BCUT2D eigenvalue weighted by atomic mass is 35.5. The number of hydrogen-bond acceptors (Lipinski definition) is 2. The van der Waals surface area contributed by atoms with Crippen LogP contribution in [0.2, 0.25) is 0 Å². The molecule has 0 rings (SSSR count). The molecular formula is C5H11ClO2. The number of ether oxygens (including phenoxy) is 1. The highest BCUT2D eigenvalue weighted by Crippen LogP contribution is 1.69. The highest BCUT2D eigenvalue weighted by Gasteiger charge is 1.81. The second-order valence-electron chi connectivity index (χ2n) is 0.925. The van der Waals surface area contributed by atoms with Crippen molar-refractivity contribution in [1.29, 1.82) is 0 Å². The Morgan fingerprint density at radius 1 is 1.62 bits per heavy atom. The van der Waals surface area contributed by atoms with Gasteiger partial charge in [-0.15, -0.1) is 11.6 Å². The van der Waals surface area contributed by atoms with Crippen molar-refractivity contribution in [1.82, 2.24) is 0 Å². The van der Waals surface area contributed by atoms with Crippen LogP contribution in [0.4, 0.5) is 0 Å².